The molecule has 2 aliphatic heterocycles. The highest BCUT2D eigenvalue weighted by atomic mass is 19.1. The lowest BCUT2D eigenvalue weighted by Crippen LogP contribution is -2.74. The van der Waals surface area contributed by atoms with Crippen molar-refractivity contribution in [2.24, 2.45) is 0 Å². The Morgan fingerprint density at radius 2 is 1.73 bits per heavy atom. The summed E-state index contributed by atoms with van der Waals surface area (Å²) < 4.78 is 42.3. The van der Waals surface area contributed by atoms with Crippen LogP contribution in [-0.2, 0) is 22.7 Å². The molecular weight excluding hydrogens is 527 g/mol. The molecule has 0 unspecified atom stereocenters. The van der Waals surface area contributed by atoms with Crippen molar-refractivity contribution >= 4 is 17.8 Å². The average molecular weight is 554 g/mol. The highest BCUT2D eigenvalue weighted by Gasteiger charge is 2.52. The summed E-state index contributed by atoms with van der Waals surface area (Å²) in [5.41, 5.74) is 1.17. The van der Waals surface area contributed by atoms with E-state index in [0.29, 0.717) is 17.2 Å². The van der Waals surface area contributed by atoms with Crippen molar-refractivity contribution in [3.63, 3.8) is 0 Å². The van der Waals surface area contributed by atoms with Gasteiger partial charge in [0, 0.05) is 24.7 Å². The smallest absolute Gasteiger partial charge is 0.334 e. The van der Waals surface area contributed by atoms with E-state index in [1.165, 1.54) is 28.0 Å². The predicted molar refractivity (Wildman–Crippen MR) is 136 cm³/mol. The molecule has 3 aromatic rings. The number of phenols is 1. The van der Waals surface area contributed by atoms with Crippen LogP contribution < -0.4 is 5.32 Å². The maximum absolute atomic E-state index is 14.6. The fourth-order valence-corrected chi connectivity index (χ4v) is 5.02. The molecule has 0 aliphatic carbocycles. The van der Waals surface area contributed by atoms with Crippen LogP contribution in [0.1, 0.15) is 22.7 Å². The summed E-state index contributed by atoms with van der Waals surface area (Å²) in [7, 11) is 0. The van der Waals surface area contributed by atoms with Gasteiger partial charge in [0.05, 0.1) is 6.54 Å². The van der Waals surface area contributed by atoms with Crippen LogP contribution in [-0.4, -0.2) is 68.8 Å². The SMILES string of the molecule is O=C1[C@H](c2ccccc2)N2C(=O)CN(CF)N(C(=O)NCc3ccc(O)cc3)[C@H]2CN1Cc1ccc(F)cc1F. The van der Waals surface area contributed by atoms with Gasteiger partial charge in [-0.25, -0.2) is 23.0 Å². The van der Waals surface area contributed by atoms with Gasteiger partial charge in [-0.05, 0) is 29.3 Å². The number of aromatic hydroxyl groups is 1. The minimum absolute atomic E-state index is 0.0436. The van der Waals surface area contributed by atoms with E-state index in [9.17, 15) is 32.7 Å². The highest BCUT2D eigenvalue weighted by Crippen LogP contribution is 2.35. The summed E-state index contributed by atoms with van der Waals surface area (Å²) in [5.74, 6) is -2.63. The van der Waals surface area contributed by atoms with Gasteiger partial charge in [0.2, 0.25) is 5.91 Å². The van der Waals surface area contributed by atoms with Crippen LogP contribution in [0, 0.1) is 11.6 Å². The lowest BCUT2D eigenvalue weighted by atomic mass is 9.98. The molecule has 2 heterocycles. The van der Waals surface area contributed by atoms with E-state index in [2.05, 4.69) is 5.32 Å². The number of carbonyl (C=O) groups excluding carboxylic acids is 3. The Bertz CT molecular complexity index is 1410. The van der Waals surface area contributed by atoms with Crippen molar-refractivity contribution in [1.29, 1.82) is 0 Å². The van der Waals surface area contributed by atoms with Crippen molar-refractivity contribution in [2.75, 3.05) is 19.9 Å². The van der Waals surface area contributed by atoms with Crippen LogP contribution in [0.5, 0.6) is 5.75 Å². The molecule has 5 rings (SSSR count). The van der Waals surface area contributed by atoms with E-state index in [1.807, 2.05) is 0 Å². The Morgan fingerprint density at radius 1 is 1.00 bits per heavy atom. The number of fused-ring (bicyclic) bond motifs is 1. The van der Waals surface area contributed by atoms with Gasteiger partial charge in [0.15, 0.2) is 6.80 Å². The number of amides is 4. The van der Waals surface area contributed by atoms with Gasteiger partial charge in [-0.3, -0.25) is 9.59 Å². The van der Waals surface area contributed by atoms with Gasteiger partial charge in [0.1, 0.15) is 36.1 Å². The van der Waals surface area contributed by atoms with E-state index < -0.39 is 55.0 Å². The number of hydrazine groups is 1. The molecule has 0 radical (unpaired) electrons. The van der Waals surface area contributed by atoms with Crippen molar-refractivity contribution in [3.8, 4) is 5.75 Å². The lowest BCUT2D eigenvalue weighted by Gasteiger charge is -2.54. The summed E-state index contributed by atoms with van der Waals surface area (Å²) >= 11 is 0. The number of hydrogen-bond acceptors (Lipinski definition) is 5. The fourth-order valence-electron chi connectivity index (χ4n) is 5.02. The van der Waals surface area contributed by atoms with E-state index >= 15 is 0 Å². The first-order valence-electron chi connectivity index (χ1n) is 12.5. The molecule has 0 aromatic heterocycles. The molecule has 2 aliphatic rings. The van der Waals surface area contributed by atoms with E-state index in [-0.39, 0.29) is 30.9 Å². The molecule has 40 heavy (non-hydrogen) atoms. The first-order valence-corrected chi connectivity index (χ1v) is 12.5. The first kappa shape index (κ1) is 27.0. The zero-order valence-electron chi connectivity index (χ0n) is 21.2. The van der Waals surface area contributed by atoms with Gasteiger partial charge in [0.25, 0.3) is 5.91 Å². The number of alkyl halides is 1. The Balaban J connectivity index is 1.50. The monoisotopic (exact) mass is 553 g/mol. The Hall–Kier alpha value is -4.58. The third kappa shape index (κ3) is 5.30. The molecule has 2 atom stereocenters. The van der Waals surface area contributed by atoms with Crippen LogP contribution in [0.4, 0.5) is 18.0 Å². The average Bonchev–Trinajstić information content (AvgIpc) is 2.95. The molecule has 0 spiro atoms. The van der Waals surface area contributed by atoms with Crippen molar-refractivity contribution in [1.82, 2.24) is 25.1 Å². The number of benzene rings is 3. The zero-order valence-corrected chi connectivity index (χ0v) is 21.2. The standard InChI is InChI=1S/C28H26F3N5O4/c29-17-34-16-25(38)35-24(36(34)28(40)32-13-18-6-10-22(37)11-7-18)15-33(14-20-8-9-21(30)12-23(20)31)27(39)26(35)19-4-2-1-3-5-19/h1-12,24,26,37H,13-17H2,(H,32,40)/t24-,26-/m0/s1. The van der Waals surface area contributed by atoms with Crippen LogP contribution in [0.25, 0.3) is 0 Å². The van der Waals surface area contributed by atoms with Crippen LogP contribution in [0.15, 0.2) is 72.8 Å². The number of rotatable bonds is 6. The summed E-state index contributed by atoms with van der Waals surface area (Å²) in [6, 6.07) is 15.7. The molecule has 0 bridgehead atoms. The normalized spacial score (nSPS) is 19.5. The third-order valence-corrected chi connectivity index (χ3v) is 6.94. The molecule has 4 amide bonds. The van der Waals surface area contributed by atoms with Crippen molar-refractivity contribution < 1.29 is 32.7 Å². The van der Waals surface area contributed by atoms with Gasteiger partial charge in [-0.2, -0.15) is 5.01 Å². The predicted octanol–water partition coefficient (Wildman–Crippen LogP) is 3.28. The lowest BCUT2D eigenvalue weighted by molar-refractivity contribution is -0.196. The maximum Gasteiger partial charge on any atom is 0.334 e. The topological polar surface area (TPSA) is 96.4 Å². The third-order valence-electron chi connectivity index (χ3n) is 6.94. The van der Waals surface area contributed by atoms with Crippen molar-refractivity contribution in [2.45, 2.75) is 25.3 Å². The zero-order chi connectivity index (χ0) is 28.4. The molecular formula is C28H26F3N5O4. The van der Waals surface area contributed by atoms with Crippen LogP contribution >= 0.6 is 0 Å². The number of urea groups is 1. The second kappa shape index (κ2) is 11.3. The summed E-state index contributed by atoms with van der Waals surface area (Å²) in [6.07, 6.45) is -1.12. The number of nitrogens with zero attached hydrogens (tertiary/aromatic N) is 4. The quantitative estimate of drug-likeness (QED) is 0.457. The number of halogens is 3. The largest absolute Gasteiger partial charge is 0.508 e. The number of phenolic OH excluding ortho intramolecular Hbond substituents is 1. The summed E-state index contributed by atoms with van der Waals surface area (Å²) in [5, 5.41) is 14.2. The second-order valence-electron chi connectivity index (χ2n) is 9.50. The summed E-state index contributed by atoms with van der Waals surface area (Å²) in [4.78, 5) is 43.1. The minimum Gasteiger partial charge on any atom is -0.508 e. The molecule has 2 N–H and O–H groups in total. The Labute approximate surface area is 228 Å². The maximum atomic E-state index is 14.6. The van der Waals surface area contributed by atoms with Gasteiger partial charge < -0.3 is 20.2 Å². The number of hydrogen-bond donors (Lipinski definition) is 2. The van der Waals surface area contributed by atoms with Gasteiger partial charge in [-0.1, -0.05) is 48.5 Å². The van der Waals surface area contributed by atoms with Crippen molar-refractivity contribution in [3.05, 3.63) is 101 Å². The van der Waals surface area contributed by atoms with Gasteiger partial charge in [-0.15, -0.1) is 0 Å². The first-order chi connectivity index (χ1) is 19.3. The van der Waals surface area contributed by atoms with Crippen LogP contribution in [0.2, 0.25) is 0 Å². The number of nitrogens with one attached hydrogen (secondary N) is 1. The highest BCUT2D eigenvalue weighted by molar-refractivity contribution is 5.92. The van der Waals surface area contributed by atoms with E-state index in [1.54, 1.807) is 42.5 Å². The van der Waals surface area contributed by atoms with E-state index in [4.69, 9.17) is 0 Å². The van der Waals surface area contributed by atoms with Gasteiger partial charge >= 0.3 is 6.03 Å². The number of piperazine rings is 1. The minimum atomic E-state index is -1.16. The molecule has 2 saturated heterocycles. The summed E-state index contributed by atoms with van der Waals surface area (Å²) in [6.45, 7) is -2.09. The molecule has 2 fully saturated rings. The molecule has 9 nitrogen and oxygen atoms in total. The second-order valence-corrected chi connectivity index (χ2v) is 9.50. The Morgan fingerprint density at radius 3 is 2.40 bits per heavy atom. The molecule has 0 saturated carbocycles. The molecule has 12 heteroatoms. The fraction of sp³-hybridized carbons (Fsp3) is 0.250. The Kier molecular flexibility index (Phi) is 7.60. The van der Waals surface area contributed by atoms with Crippen LogP contribution in [0.3, 0.4) is 0 Å². The number of carbonyl (C=O) groups is 3. The molecule has 3 aromatic carbocycles. The van der Waals surface area contributed by atoms with E-state index in [0.717, 1.165) is 16.1 Å². The molecule has 208 valence electrons.